The minimum absolute atomic E-state index is 0.246. The quantitative estimate of drug-likeness (QED) is 0.793. The van der Waals surface area contributed by atoms with Gasteiger partial charge in [0.1, 0.15) is 17.6 Å². The molecule has 0 saturated carbocycles. The van der Waals surface area contributed by atoms with Gasteiger partial charge in [0.2, 0.25) is 0 Å². The number of carboxylic acid groups (broad SMARTS) is 1. The van der Waals surface area contributed by atoms with Gasteiger partial charge in [-0.15, -0.1) is 0 Å². The van der Waals surface area contributed by atoms with Crippen LogP contribution in [0.15, 0.2) is 12.3 Å². The first-order valence-corrected chi connectivity index (χ1v) is 4.18. The van der Waals surface area contributed by atoms with E-state index in [1.54, 1.807) is 0 Å². The number of alkyl halides is 3. The first-order chi connectivity index (χ1) is 7.30. The highest BCUT2D eigenvalue weighted by Crippen LogP contribution is 2.26. The van der Waals surface area contributed by atoms with E-state index in [1.807, 2.05) is 0 Å². The third kappa shape index (κ3) is 3.16. The SMILES string of the molecule is NC(Cc1nccc(C(F)(F)F)n1)C(=O)O. The van der Waals surface area contributed by atoms with Crippen LogP contribution in [-0.4, -0.2) is 27.1 Å². The van der Waals surface area contributed by atoms with Crippen molar-refractivity contribution in [2.24, 2.45) is 5.73 Å². The Balaban J connectivity index is 2.87. The van der Waals surface area contributed by atoms with Crippen molar-refractivity contribution in [3.05, 3.63) is 23.8 Å². The standard InChI is InChI=1S/C8H8F3N3O2/c9-8(10,11)5-1-2-13-6(14-5)3-4(12)7(15)16/h1-2,4H,3,12H2,(H,15,16). The van der Waals surface area contributed by atoms with Gasteiger partial charge in [-0.05, 0) is 6.07 Å². The second-order valence-electron chi connectivity index (χ2n) is 3.00. The average molecular weight is 235 g/mol. The molecule has 1 aromatic heterocycles. The first kappa shape index (κ1) is 12.4. The van der Waals surface area contributed by atoms with Crippen LogP contribution >= 0.6 is 0 Å². The molecule has 0 aliphatic rings. The van der Waals surface area contributed by atoms with E-state index in [2.05, 4.69) is 9.97 Å². The molecule has 0 aliphatic heterocycles. The Morgan fingerprint density at radius 1 is 1.56 bits per heavy atom. The first-order valence-electron chi connectivity index (χ1n) is 4.18. The molecule has 0 aliphatic carbocycles. The lowest BCUT2D eigenvalue weighted by molar-refractivity contribution is -0.141. The average Bonchev–Trinajstić information content (AvgIpc) is 2.16. The Hall–Kier alpha value is -1.70. The molecule has 0 fully saturated rings. The number of carbonyl (C=O) groups is 1. The highest BCUT2D eigenvalue weighted by molar-refractivity contribution is 5.73. The lowest BCUT2D eigenvalue weighted by Crippen LogP contribution is -2.33. The molecular formula is C8H8F3N3O2. The monoisotopic (exact) mass is 235 g/mol. The number of nitrogens with zero attached hydrogens (tertiary/aromatic N) is 2. The van der Waals surface area contributed by atoms with Crippen LogP contribution in [0.4, 0.5) is 13.2 Å². The fourth-order valence-electron chi connectivity index (χ4n) is 0.939. The molecule has 5 nitrogen and oxygen atoms in total. The zero-order valence-electron chi connectivity index (χ0n) is 7.90. The van der Waals surface area contributed by atoms with Crippen LogP contribution < -0.4 is 5.73 Å². The largest absolute Gasteiger partial charge is 0.480 e. The van der Waals surface area contributed by atoms with E-state index in [9.17, 15) is 18.0 Å². The number of carboxylic acids is 1. The van der Waals surface area contributed by atoms with Gasteiger partial charge in [0, 0.05) is 12.6 Å². The molecule has 1 rings (SSSR count). The second-order valence-corrected chi connectivity index (χ2v) is 3.00. The summed E-state index contributed by atoms with van der Waals surface area (Å²) in [7, 11) is 0. The summed E-state index contributed by atoms with van der Waals surface area (Å²) < 4.78 is 36.7. The zero-order valence-corrected chi connectivity index (χ0v) is 7.90. The molecule has 0 saturated heterocycles. The predicted octanol–water partition coefficient (Wildman–Crippen LogP) is 0.450. The fraction of sp³-hybridized carbons (Fsp3) is 0.375. The minimum atomic E-state index is -4.58. The molecule has 88 valence electrons. The Labute approximate surface area is 88.1 Å². The molecule has 8 heteroatoms. The summed E-state index contributed by atoms with van der Waals surface area (Å²) in [6.07, 6.45) is -4.01. The number of aliphatic carboxylic acids is 1. The number of aromatic nitrogens is 2. The van der Waals surface area contributed by atoms with Crippen LogP contribution in [0, 0.1) is 0 Å². The van der Waals surface area contributed by atoms with Crippen molar-refractivity contribution in [1.82, 2.24) is 9.97 Å². The van der Waals surface area contributed by atoms with Gasteiger partial charge in [0.25, 0.3) is 0 Å². The van der Waals surface area contributed by atoms with Crippen molar-refractivity contribution in [1.29, 1.82) is 0 Å². The topological polar surface area (TPSA) is 89.1 Å². The van der Waals surface area contributed by atoms with Gasteiger partial charge >= 0.3 is 12.1 Å². The number of hydrogen-bond donors (Lipinski definition) is 2. The normalized spacial score (nSPS) is 13.5. The van der Waals surface area contributed by atoms with Gasteiger partial charge in [-0.3, -0.25) is 4.79 Å². The highest BCUT2D eigenvalue weighted by Gasteiger charge is 2.32. The number of hydrogen-bond acceptors (Lipinski definition) is 4. The molecular weight excluding hydrogens is 227 g/mol. The highest BCUT2D eigenvalue weighted by atomic mass is 19.4. The van der Waals surface area contributed by atoms with Crippen LogP contribution in [-0.2, 0) is 17.4 Å². The van der Waals surface area contributed by atoms with Crippen molar-refractivity contribution in [3.63, 3.8) is 0 Å². The fourth-order valence-corrected chi connectivity index (χ4v) is 0.939. The van der Waals surface area contributed by atoms with Gasteiger partial charge in [-0.2, -0.15) is 13.2 Å². The van der Waals surface area contributed by atoms with Crippen LogP contribution in [0.3, 0.4) is 0 Å². The van der Waals surface area contributed by atoms with Crippen LogP contribution in [0.5, 0.6) is 0 Å². The lowest BCUT2D eigenvalue weighted by Gasteiger charge is -2.08. The van der Waals surface area contributed by atoms with Crippen LogP contribution in [0.25, 0.3) is 0 Å². The summed E-state index contributed by atoms with van der Waals surface area (Å²) in [6.45, 7) is 0. The number of rotatable bonds is 3. The molecule has 3 N–H and O–H groups in total. The van der Waals surface area contributed by atoms with Gasteiger partial charge in [-0.1, -0.05) is 0 Å². The Morgan fingerprint density at radius 2 is 2.19 bits per heavy atom. The van der Waals surface area contributed by atoms with Crippen molar-refractivity contribution < 1.29 is 23.1 Å². The maximum Gasteiger partial charge on any atom is 0.433 e. The van der Waals surface area contributed by atoms with Crippen molar-refractivity contribution >= 4 is 5.97 Å². The molecule has 16 heavy (non-hydrogen) atoms. The van der Waals surface area contributed by atoms with Gasteiger partial charge in [0.05, 0.1) is 0 Å². The summed E-state index contributed by atoms with van der Waals surface area (Å²) in [6, 6.07) is -0.612. The summed E-state index contributed by atoms with van der Waals surface area (Å²) in [5.41, 5.74) is 4.03. The molecule has 1 heterocycles. The molecule has 0 bridgehead atoms. The summed E-state index contributed by atoms with van der Waals surface area (Å²) in [4.78, 5) is 17.1. The lowest BCUT2D eigenvalue weighted by atomic mass is 10.2. The molecule has 0 amide bonds. The summed E-state index contributed by atoms with van der Waals surface area (Å²) in [5.74, 6) is -1.56. The summed E-state index contributed by atoms with van der Waals surface area (Å²) in [5, 5.41) is 8.47. The third-order valence-corrected chi connectivity index (χ3v) is 1.72. The van der Waals surface area contributed by atoms with Crippen molar-refractivity contribution in [2.75, 3.05) is 0 Å². The Kier molecular flexibility index (Phi) is 3.43. The van der Waals surface area contributed by atoms with E-state index in [4.69, 9.17) is 10.8 Å². The minimum Gasteiger partial charge on any atom is -0.480 e. The van der Waals surface area contributed by atoms with E-state index < -0.39 is 23.9 Å². The van der Waals surface area contributed by atoms with E-state index in [1.165, 1.54) is 0 Å². The van der Waals surface area contributed by atoms with Gasteiger partial charge in [-0.25, -0.2) is 9.97 Å². The number of nitrogens with two attached hydrogens (primary N) is 1. The molecule has 1 aromatic rings. The van der Waals surface area contributed by atoms with E-state index in [0.717, 1.165) is 6.20 Å². The molecule has 0 radical (unpaired) electrons. The smallest absolute Gasteiger partial charge is 0.433 e. The Bertz CT molecular complexity index is 394. The molecule has 1 atom stereocenters. The number of halogens is 3. The third-order valence-electron chi connectivity index (χ3n) is 1.72. The van der Waals surface area contributed by atoms with Gasteiger partial charge < -0.3 is 10.8 Å². The summed E-state index contributed by atoms with van der Waals surface area (Å²) >= 11 is 0. The molecule has 1 unspecified atom stereocenters. The van der Waals surface area contributed by atoms with E-state index in [-0.39, 0.29) is 12.2 Å². The molecule has 0 spiro atoms. The second kappa shape index (κ2) is 4.44. The maximum absolute atomic E-state index is 12.2. The zero-order chi connectivity index (χ0) is 12.3. The van der Waals surface area contributed by atoms with Crippen molar-refractivity contribution in [2.45, 2.75) is 18.6 Å². The maximum atomic E-state index is 12.2. The van der Waals surface area contributed by atoms with Gasteiger partial charge in [0.15, 0.2) is 0 Å². The van der Waals surface area contributed by atoms with E-state index >= 15 is 0 Å². The molecule has 0 aromatic carbocycles. The Morgan fingerprint density at radius 3 is 2.69 bits per heavy atom. The van der Waals surface area contributed by atoms with E-state index in [0.29, 0.717) is 6.07 Å². The van der Waals surface area contributed by atoms with Crippen molar-refractivity contribution in [3.8, 4) is 0 Å². The van der Waals surface area contributed by atoms with Crippen LogP contribution in [0.1, 0.15) is 11.5 Å². The van der Waals surface area contributed by atoms with Crippen LogP contribution in [0.2, 0.25) is 0 Å². The predicted molar refractivity (Wildman–Crippen MR) is 46.3 cm³/mol.